The molecule has 0 aliphatic carbocycles. The summed E-state index contributed by atoms with van der Waals surface area (Å²) in [6.45, 7) is 8.62. The molecule has 0 radical (unpaired) electrons. The number of anilines is 1. The zero-order chi connectivity index (χ0) is 29.1. The molecule has 3 heterocycles. The molecule has 1 N–H and O–H groups in total. The van der Waals surface area contributed by atoms with E-state index in [1.807, 2.05) is 59.3 Å². The van der Waals surface area contributed by atoms with Gasteiger partial charge in [-0.1, -0.05) is 51.1 Å². The van der Waals surface area contributed by atoms with Crippen molar-refractivity contribution in [3.63, 3.8) is 0 Å². The number of methoxy groups -OCH3 is 1. The Morgan fingerprint density at radius 1 is 1.07 bits per heavy atom. The van der Waals surface area contributed by atoms with Crippen molar-refractivity contribution in [1.82, 2.24) is 20.1 Å². The van der Waals surface area contributed by atoms with Crippen molar-refractivity contribution in [2.75, 3.05) is 24.3 Å². The summed E-state index contributed by atoms with van der Waals surface area (Å²) in [5.41, 5.74) is 5.31. The Kier molecular flexibility index (Phi) is 8.17. The summed E-state index contributed by atoms with van der Waals surface area (Å²) < 4.78 is 7.20. The van der Waals surface area contributed by atoms with Crippen molar-refractivity contribution >= 4 is 29.4 Å². The van der Waals surface area contributed by atoms with Gasteiger partial charge in [0.1, 0.15) is 18.1 Å². The van der Waals surface area contributed by atoms with Gasteiger partial charge in [0.05, 0.1) is 41.7 Å². The summed E-state index contributed by atoms with van der Waals surface area (Å²) in [6.07, 6.45) is 1.69. The number of ether oxygens (including phenoxy) is 1. The van der Waals surface area contributed by atoms with Crippen molar-refractivity contribution < 1.29 is 14.3 Å². The molecule has 0 saturated heterocycles. The minimum absolute atomic E-state index is 0.134. The molecule has 8 nitrogen and oxygen atoms in total. The Morgan fingerprint density at radius 2 is 1.80 bits per heavy atom. The maximum Gasteiger partial charge on any atom is 0.240 e. The summed E-state index contributed by atoms with van der Waals surface area (Å²) in [5.74, 6) is 1.16. The van der Waals surface area contributed by atoms with Crippen LogP contribution in [0, 0.1) is 6.92 Å². The third-order valence-corrected chi connectivity index (χ3v) is 8.32. The second kappa shape index (κ2) is 11.8. The van der Waals surface area contributed by atoms with E-state index in [-0.39, 0.29) is 41.3 Å². The van der Waals surface area contributed by atoms with Crippen molar-refractivity contribution in [3.05, 3.63) is 101 Å². The Hall–Kier alpha value is -4.11. The standard InChI is InChI=1S/C32H35N5O3S/c1-21-10-6-7-12-25(21)29-28-30(32(2,3)4)35-37(23-13-15-24(40-5)16-14-23)31(28)36(27(39)20-41-29)19-26(38)34-18-22-11-8-9-17-33-22/h6-17,29H,18-20H2,1-5H3,(H,34,38). The van der Waals surface area contributed by atoms with Crippen LogP contribution in [0.5, 0.6) is 5.75 Å². The summed E-state index contributed by atoms with van der Waals surface area (Å²) in [6, 6.07) is 21.4. The predicted octanol–water partition coefficient (Wildman–Crippen LogP) is 5.37. The number of rotatable bonds is 7. The van der Waals surface area contributed by atoms with Gasteiger partial charge < -0.3 is 10.1 Å². The van der Waals surface area contributed by atoms with E-state index in [1.54, 1.807) is 30.0 Å². The second-order valence-corrected chi connectivity index (χ2v) is 12.2. The normalized spacial score (nSPS) is 15.3. The number of hydrogen-bond acceptors (Lipinski definition) is 6. The number of hydrogen-bond donors (Lipinski definition) is 1. The summed E-state index contributed by atoms with van der Waals surface area (Å²) in [4.78, 5) is 33.0. The molecule has 212 valence electrons. The molecule has 2 amide bonds. The number of aryl methyl sites for hydroxylation is 1. The third-order valence-electron chi connectivity index (χ3n) is 7.08. The zero-order valence-electron chi connectivity index (χ0n) is 24.0. The monoisotopic (exact) mass is 569 g/mol. The number of aromatic nitrogens is 3. The number of thioether (sulfide) groups is 1. The van der Waals surface area contributed by atoms with Crippen molar-refractivity contribution in [1.29, 1.82) is 0 Å². The first-order valence-corrected chi connectivity index (χ1v) is 14.6. The van der Waals surface area contributed by atoms with Gasteiger partial charge in [-0.15, -0.1) is 11.8 Å². The number of benzene rings is 2. The molecule has 0 saturated carbocycles. The molecule has 1 unspecified atom stereocenters. The largest absolute Gasteiger partial charge is 0.497 e. The number of fused-ring (bicyclic) bond motifs is 1. The fourth-order valence-electron chi connectivity index (χ4n) is 4.99. The highest BCUT2D eigenvalue weighted by Crippen LogP contribution is 2.49. The maximum absolute atomic E-state index is 13.8. The van der Waals surface area contributed by atoms with E-state index in [0.717, 1.165) is 39.5 Å². The summed E-state index contributed by atoms with van der Waals surface area (Å²) in [5, 5.41) is 7.94. The molecule has 1 aliphatic heterocycles. The van der Waals surface area contributed by atoms with Crippen LogP contribution in [-0.2, 0) is 21.5 Å². The average molecular weight is 570 g/mol. The van der Waals surface area contributed by atoms with Crippen LogP contribution in [-0.4, -0.2) is 46.0 Å². The lowest BCUT2D eigenvalue weighted by Gasteiger charge is -2.25. The predicted molar refractivity (Wildman–Crippen MR) is 163 cm³/mol. The Bertz CT molecular complexity index is 1540. The molecule has 5 rings (SSSR count). The SMILES string of the molecule is COc1ccc(-n2nc(C(C)(C)C)c3c2N(CC(=O)NCc2ccccn2)C(=O)CSC3c2ccccc2C)cc1. The van der Waals surface area contributed by atoms with Gasteiger partial charge in [-0.25, -0.2) is 4.68 Å². The van der Waals surface area contributed by atoms with Crippen LogP contribution >= 0.6 is 11.8 Å². The molecular weight excluding hydrogens is 534 g/mol. The lowest BCUT2D eigenvalue weighted by Crippen LogP contribution is -2.42. The molecular formula is C32H35N5O3S. The molecule has 1 aliphatic rings. The fourth-order valence-corrected chi connectivity index (χ4v) is 6.29. The molecule has 1 atom stereocenters. The number of amides is 2. The Morgan fingerprint density at radius 3 is 2.46 bits per heavy atom. The zero-order valence-corrected chi connectivity index (χ0v) is 24.9. The van der Waals surface area contributed by atoms with E-state index in [0.29, 0.717) is 5.82 Å². The Balaban J connectivity index is 1.66. The first-order chi connectivity index (χ1) is 19.7. The lowest BCUT2D eigenvalue weighted by molar-refractivity contribution is -0.123. The van der Waals surface area contributed by atoms with E-state index < -0.39 is 0 Å². The molecule has 0 fully saturated rings. The molecule has 4 aromatic rings. The highest BCUT2D eigenvalue weighted by molar-refractivity contribution is 8.00. The van der Waals surface area contributed by atoms with Gasteiger partial charge in [-0.05, 0) is 54.4 Å². The van der Waals surface area contributed by atoms with Gasteiger partial charge in [0.15, 0.2) is 0 Å². The fraction of sp³-hybridized carbons (Fsp3) is 0.312. The number of nitrogens with zero attached hydrogens (tertiary/aromatic N) is 4. The smallest absolute Gasteiger partial charge is 0.240 e. The van der Waals surface area contributed by atoms with Crippen LogP contribution in [0.3, 0.4) is 0 Å². The molecule has 2 aromatic heterocycles. The third kappa shape index (κ3) is 6.00. The summed E-state index contributed by atoms with van der Waals surface area (Å²) in [7, 11) is 1.63. The minimum atomic E-state index is -0.330. The van der Waals surface area contributed by atoms with E-state index in [9.17, 15) is 9.59 Å². The maximum atomic E-state index is 13.8. The average Bonchev–Trinajstić information content (AvgIpc) is 3.31. The van der Waals surface area contributed by atoms with Gasteiger partial charge in [-0.3, -0.25) is 19.5 Å². The van der Waals surface area contributed by atoms with Gasteiger partial charge in [-0.2, -0.15) is 5.10 Å². The van der Waals surface area contributed by atoms with E-state index in [4.69, 9.17) is 9.84 Å². The molecule has 0 bridgehead atoms. The molecule has 2 aromatic carbocycles. The first-order valence-electron chi connectivity index (χ1n) is 13.6. The lowest BCUT2D eigenvalue weighted by atomic mass is 9.86. The number of carbonyl (C=O) groups excluding carboxylic acids is 2. The van der Waals surface area contributed by atoms with Crippen molar-refractivity contribution in [2.24, 2.45) is 0 Å². The number of carbonyl (C=O) groups is 2. The van der Waals surface area contributed by atoms with Crippen LogP contribution in [0.25, 0.3) is 5.69 Å². The van der Waals surface area contributed by atoms with Gasteiger partial charge in [0.25, 0.3) is 0 Å². The molecule has 41 heavy (non-hydrogen) atoms. The summed E-state index contributed by atoms with van der Waals surface area (Å²) >= 11 is 1.58. The highest BCUT2D eigenvalue weighted by Gasteiger charge is 2.40. The van der Waals surface area contributed by atoms with Crippen molar-refractivity contribution in [3.8, 4) is 11.4 Å². The van der Waals surface area contributed by atoms with Gasteiger partial charge in [0.2, 0.25) is 11.8 Å². The number of nitrogens with one attached hydrogen (secondary N) is 1. The molecule has 0 spiro atoms. The van der Waals surface area contributed by atoms with E-state index >= 15 is 0 Å². The highest BCUT2D eigenvalue weighted by atomic mass is 32.2. The van der Waals surface area contributed by atoms with Crippen LogP contribution in [0.1, 0.15) is 54.1 Å². The topological polar surface area (TPSA) is 89.3 Å². The van der Waals surface area contributed by atoms with Crippen molar-refractivity contribution in [2.45, 2.75) is 44.9 Å². The van der Waals surface area contributed by atoms with E-state index in [1.165, 1.54) is 0 Å². The first kappa shape index (κ1) is 28.4. The van der Waals surface area contributed by atoms with E-state index in [2.05, 4.69) is 50.1 Å². The quantitative estimate of drug-likeness (QED) is 0.322. The second-order valence-electron chi connectivity index (χ2n) is 11.1. The number of pyridine rings is 1. The minimum Gasteiger partial charge on any atom is -0.497 e. The van der Waals surface area contributed by atoms with Crippen LogP contribution in [0.4, 0.5) is 5.82 Å². The van der Waals surface area contributed by atoms with Gasteiger partial charge in [0, 0.05) is 17.2 Å². The van der Waals surface area contributed by atoms with Crippen LogP contribution < -0.4 is 15.0 Å². The van der Waals surface area contributed by atoms with Crippen LogP contribution in [0.2, 0.25) is 0 Å². The molecule has 9 heteroatoms. The van der Waals surface area contributed by atoms with Gasteiger partial charge >= 0.3 is 0 Å². The Labute approximate surface area is 245 Å². The van der Waals surface area contributed by atoms with Crippen LogP contribution in [0.15, 0.2) is 72.9 Å².